The summed E-state index contributed by atoms with van der Waals surface area (Å²) >= 11 is 4.97. The summed E-state index contributed by atoms with van der Waals surface area (Å²) < 4.78 is 9.87. The van der Waals surface area contributed by atoms with Crippen molar-refractivity contribution in [1.29, 1.82) is 0 Å². The number of nitrogens with one attached hydrogen (secondary N) is 2. The van der Waals surface area contributed by atoms with E-state index < -0.39 is 5.97 Å². The Morgan fingerprint density at radius 3 is 2.90 bits per heavy atom. The molecule has 0 aliphatic carbocycles. The minimum absolute atomic E-state index is 0.148. The normalized spacial score (nSPS) is 10.1. The summed E-state index contributed by atoms with van der Waals surface area (Å²) in [7, 11) is 1.31. The first-order valence-electron chi connectivity index (χ1n) is 6.03. The van der Waals surface area contributed by atoms with E-state index in [1.807, 2.05) is 19.1 Å². The van der Waals surface area contributed by atoms with Gasteiger partial charge in [0.15, 0.2) is 11.7 Å². The topological polar surface area (TPSA) is 72.0 Å². The van der Waals surface area contributed by atoms with Crippen LogP contribution in [0.15, 0.2) is 29.4 Å². The molecule has 2 N–H and O–H groups in total. The monoisotopic (exact) mass is 295 g/mol. The van der Waals surface area contributed by atoms with Gasteiger partial charge in [-0.3, -0.25) is 5.43 Å². The van der Waals surface area contributed by atoms with Crippen LogP contribution in [0.25, 0.3) is 0 Å². The maximum absolute atomic E-state index is 11.1. The Kier molecular flexibility index (Phi) is 7.05. The van der Waals surface area contributed by atoms with E-state index in [0.717, 1.165) is 12.1 Å². The van der Waals surface area contributed by atoms with E-state index in [1.54, 1.807) is 18.3 Å². The molecule has 0 fully saturated rings. The van der Waals surface area contributed by atoms with Crippen LogP contribution >= 0.6 is 12.2 Å². The van der Waals surface area contributed by atoms with Crippen molar-refractivity contribution in [3.05, 3.63) is 29.8 Å². The van der Waals surface area contributed by atoms with Crippen LogP contribution in [0, 0.1) is 0 Å². The number of para-hydroxylation sites is 1. The van der Waals surface area contributed by atoms with Crippen LogP contribution in [0.4, 0.5) is 0 Å². The van der Waals surface area contributed by atoms with Crippen molar-refractivity contribution in [1.82, 2.24) is 10.7 Å². The van der Waals surface area contributed by atoms with Crippen molar-refractivity contribution in [3.63, 3.8) is 0 Å². The summed E-state index contributed by atoms with van der Waals surface area (Å²) in [5, 5.41) is 7.34. The zero-order valence-corrected chi connectivity index (χ0v) is 12.2. The van der Waals surface area contributed by atoms with Crippen LogP contribution in [0.3, 0.4) is 0 Å². The molecule has 20 heavy (non-hydrogen) atoms. The molecule has 0 aliphatic heterocycles. The summed E-state index contributed by atoms with van der Waals surface area (Å²) in [6, 6.07) is 7.20. The quantitative estimate of drug-likeness (QED) is 0.354. The molecular weight excluding hydrogens is 278 g/mol. The van der Waals surface area contributed by atoms with Crippen molar-refractivity contribution in [2.75, 3.05) is 20.3 Å². The maximum atomic E-state index is 11.1. The van der Waals surface area contributed by atoms with Gasteiger partial charge in [0.05, 0.1) is 13.3 Å². The highest BCUT2D eigenvalue weighted by Gasteiger charge is 2.04. The van der Waals surface area contributed by atoms with Gasteiger partial charge in [0.2, 0.25) is 0 Å². The Labute approximate surface area is 123 Å². The standard InChI is InChI=1S/C13H17N3O3S/c1-3-14-13(20)16-15-8-10-6-4-5-7-11(10)19-9-12(17)18-2/h4-8H,3,9H2,1-2H3,(H2,14,16,20). The van der Waals surface area contributed by atoms with Gasteiger partial charge in [-0.05, 0) is 31.3 Å². The fourth-order valence-electron chi connectivity index (χ4n) is 1.27. The lowest BCUT2D eigenvalue weighted by Gasteiger charge is -2.07. The van der Waals surface area contributed by atoms with Crippen LogP contribution in [-0.2, 0) is 9.53 Å². The van der Waals surface area contributed by atoms with Gasteiger partial charge in [0.1, 0.15) is 5.75 Å². The molecule has 0 heterocycles. The second-order valence-corrected chi connectivity index (χ2v) is 4.04. The molecular formula is C13H17N3O3S. The highest BCUT2D eigenvalue weighted by molar-refractivity contribution is 7.80. The van der Waals surface area contributed by atoms with Crippen molar-refractivity contribution in [2.24, 2.45) is 5.10 Å². The molecule has 0 unspecified atom stereocenters. The second kappa shape index (κ2) is 8.87. The van der Waals surface area contributed by atoms with Crippen LogP contribution in [0.1, 0.15) is 12.5 Å². The molecule has 0 saturated carbocycles. The van der Waals surface area contributed by atoms with E-state index in [0.29, 0.717) is 10.9 Å². The number of thiocarbonyl (C=S) groups is 1. The molecule has 0 aromatic heterocycles. The van der Waals surface area contributed by atoms with Gasteiger partial charge in [-0.25, -0.2) is 4.79 Å². The number of benzene rings is 1. The van der Waals surface area contributed by atoms with E-state index in [2.05, 4.69) is 20.6 Å². The predicted octanol–water partition coefficient (Wildman–Crippen LogP) is 1.06. The van der Waals surface area contributed by atoms with Gasteiger partial charge in [0, 0.05) is 12.1 Å². The SMILES string of the molecule is CCNC(=S)NN=Cc1ccccc1OCC(=O)OC. The minimum atomic E-state index is -0.441. The number of ether oxygens (including phenoxy) is 2. The van der Waals surface area contributed by atoms with E-state index in [9.17, 15) is 4.79 Å². The predicted molar refractivity (Wildman–Crippen MR) is 81.0 cm³/mol. The summed E-state index contributed by atoms with van der Waals surface area (Å²) in [5.41, 5.74) is 3.40. The number of hydrogen-bond acceptors (Lipinski definition) is 5. The minimum Gasteiger partial charge on any atom is -0.481 e. The maximum Gasteiger partial charge on any atom is 0.343 e. The first kappa shape index (κ1) is 15.9. The summed E-state index contributed by atoms with van der Waals surface area (Å²) in [6.07, 6.45) is 1.57. The fraction of sp³-hybridized carbons (Fsp3) is 0.308. The third-order valence-corrected chi connectivity index (χ3v) is 2.43. The molecule has 0 saturated heterocycles. The molecule has 1 rings (SSSR count). The first-order chi connectivity index (χ1) is 9.67. The van der Waals surface area contributed by atoms with Gasteiger partial charge >= 0.3 is 5.97 Å². The number of esters is 1. The molecule has 1 aromatic carbocycles. The van der Waals surface area contributed by atoms with E-state index in [4.69, 9.17) is 17.0 Å². The molecule has 0 atom stereocenters. The second-order valence-electron chi connectivity index (χ2n) is 3.63. The van der Waals surface area contributed by atoms with Gasteiger partial charge in [-0.2, -0.15) is 5.10 Å². The summed E-state index contributed by atoms with van der Waals surface area (Å²) in [6.45, 7) is 2.51. The first-order valence-corrected chi connectivity index (χ1v) is 6.43. The zero-order chi connectivity index (χ0) is 14.8. The molecule has 0 aliphatic rings. The van der Waals surface area contributed by atoms with Gasteiger partial charge < -0.3 is 14.8 Å². The molecule has 7 heteroatoms. The molecule has 0 spiro atoms. The largest absolute Gasteiger partial charge is 0.481 e. The van der Waals surface area contributed by atoms with Gasteiger partial charge in [-0.15, -0.1) is 0 Å². The summed E-state index contributed by atoms with van der Waals surface area (Å²) in [4.78, 5) is 11.1. The number of hydrazone groups is 1. The number of hydrogen-bond donors (Lipinski definition) is 2. The van der Waals surface area contributed by atoms with E-state index in [1.165, 1.54) is 7.11 Å². The molecule has 0 radical (unpaired) electrons. The van der Waals surface area contributed by atoms with Crippen LogP contribution in [-0.4, -0.2) is 37.6 Å². The highest BCUT2D eigenvalue weighted by atomic mass is 32.1. The number of nitrogens with zero attached hydrogens (tertiary/aromatic N) is 1. The number of methoxy groups -OCH3 is 1. The van der Waals surface area contributed by atoms with Crippen LogP contribution < -0.4 is 15.5 Å². The molecule has 0 amide bonds. The van der Waals surface area contributed by atoms with Gasteiger partial charge in [-0.1, -0.05) is 12.1 Å². The smallest absolute Gasteiger partial charge is 0.343 e. The van der Waals surface area contributed by atoms with E-state index in [-0.39, 0.29) is 6.61 Å². The third kappa shape index (κ3) is 5.66. The number of carbonyl (C=O) groups excluding carboxylic acids is 1. The lowest BCUT2D eigenvalue weighted by Crippen LogP contribution is -2.31. The Morgan fingerprint density at radius 2 is 2.20 bits per heavy atom. The van der Waals surface area contributed by atoms with Crippen molar-refractivity contribution >= 4 is 29.5 Å². The molecule has 0 bridgehead atoms. The lowest BCUT2D eigenvalue weighted by atomic mass is 10.2. The van der Waals surface area contributed by atoms with Crippen LogP contribution in [0.2, 0.25) is 0 Å². The van der Waals surface area contributed by atoms with Crippen molar-refractivity contribution < 1.29 is 14.3 Å². The molecule has 108 valence electrons. The number of rotatable bonds is 6. The van der Waals surface area contributed by atoms with Crippen LogP contribution in [0.5, 0.6) is 5.75 Å². The summed E-state index contributed by atoms with van der Waals surface area (Å²) in [5.74, 6) is 0.0982. The van der Waals surface area contributed by atoms with Crippen molar-refractivity contribution in [2.45, 2.75) is 6.92 Å². The Bertz CT molecular complexity index is 492. The van der Waals surface area contributed by atoms with Crippen molar-refractivity contribution in [3.8, 4) is 5.75 Å². The Morgan fingerprint density at radius 1 is 1.45 bits per heavy atom. The fourth-order valence-corrected chi connectivity index (χ4v) is 1.47. The Hall–Kier alpha value is -2.15. The highest BCUT2D eigenvalue weighted by Crippen LogP contribution is 2.15. The van der Waals surface area contributed by atoms with E-state index >= 15 is 0 Å². The molecule has 6 nitrogen and oxygen atoms in total. The Balaban J connectivity index is 2.63. The zero-order valence-electron chi connectivity index (χ0n) is 11.4. The van der Waals surface area contributed by atoms with Gasteiger partial charge in [0.25, 0.3) is 0 Å². The average molecular weight is 295 g/mol. The number of carbonyl (C=O) groups is 1. The average Bonchev–Trinajstić information content (AvgIpc) is 2.46. The lowest BCUT2D eigenvalue weighted by molar-refractivity contribution is -0.142. The molecule has 1 aromatic rings. The third-order valence-electron chi connectivity index (χ3n) is 2.20.